The van der Waals surface area contributed by atoms with Gasteiger partial charge in [0.25, 0.3) is 0 Å². The third kappa shape index (κ3) is 10.2. The quantitative estimate of drug-likeness (QED) is 0.225. The van der Waals surface area contributed by atoms with Crippen LogP contribution in [0.3, 0.4) is 0 Å². The molecule has 6 heteroatoms. The first-order valence-corrected chi connectivity index (χ1v) is 12.6. The van der Waals surface area contributed by atoms with Gasteiger partial charge in [-0.2, -0.15) is 0 Å². The third-order valence-electron chi connectivity index (χ3n) is 5.92. The van der Waals surface area contributed by atoms with Crippen LogP contribution in [-0.2, 0) is 18.6 Å². The van der Waals surface area contributed by atoms with Crippen LogP contribution in [0.2, 0.25) is 0 Å². The van der Waals surface area contributed by atoms with Crippen molar-refractivity contribution < 1.29 is 18.6 Å². The number of allylic oxidation sites excluding steroid dienone is 2. The summed E-state index contributed by atoms with van der Waals surface area (Å²) >= 11 is 0. The van der Waals surface area contributed by atoms with E-state index in [2.05, 4.69) is 52.0 Å². The van der Waals surface area contributed by atoms with Gasteiger partial charge in [-0.05, 0) is 65.2 Å². The predicted octanol–water partition coefficient (Wildman–Crippen LogP) is 6.48. The monoisotopic (exact) mass is 418 g/mol. The Bertz CT molecular complexity index is 456. The summed E-state index contributed by atoms with van der Waals surface area (Å²) in [5.41, 5.74) is 0. The van der Waals surface area contributed by atoms with Gasteiger partial charge in [-0.1, -0.05) is 63.8 Å². The molecule has 0 aliphatic heterocycles. The molecular weight excluding hydrogens is 374 g/mol. The van der Waals surface area contributed by atoms with Gasteiger partial charge in [0.2, 0.25) is 0 Å². The molecule has 2 aliphatic rings. The molecule has 0 amide bonds. The lowest BCUT2D eigenvalue weighted by Crippen LogP contribution is -2.52. The highest BCUT2D eigenvalue weighted by molar-refractivity contribution is 7.10. The normalized spacial score (nSPS) is 23.3. The van der Waals surface area contributed by atoms with E-state index in [1.54, 1.807) is 0 Å². The lowest BCUT2D eigenvalue weighted by molar-refractivity contribution is 0.0856. The molecule has 0 aromatic carbocycles. The summed E-state index contributed by atoms with van der Waals surface area (Å²) in [6.45, 7) is 8.71. The lowest BCUT2D eigenvalue weighted by atomic mass is 9.47. The zero-order valence-corrected chi connectivity index (χ0v) is 19.9. The molecule has 0 fully saturated rings. The van der Waals surface area contributed by atoms with Gasteiger partial charge in [0.1, 0.15) is 0 Å². The molecule has 4 nitrogen and oxygen atoms in total. The zero-order valence-electron chi connectivity index (χ0n) is 19.9. The fourth-order valence-corrected chi connectivity index (χ4v) is 4.03. The Balaban J connectivity index is 2.11. The van der Waals surface area contributed by atoms with Crippen LogP contribution in [0.5, 0.6) is 0 Å². The molecule has 0 spiro atoms. The first kappa shape index (κ1) is 25.7. The van der Waals surface area contributed by atoms with Gasteiger partial charge >= 0.3 is 14.0 Å². The predicted molar refractivity (Wildman–Crippen MR) is 127 cm³/mol. The summed E-state index contributed by atoms with van der Waals surface area (Å²) in [5, 5.41) is 0. The average Bonchev–Trinajstić information content (AvgIpc) is 2.77. The van der Waals surface area contributed by atoms with E-state index in [4.69, 9.17) is 18.6 Å². The van der Waals surface area contributed by atoms with Crippen molar-refractivity contribution in [1.82, 2.24) is 0 Å². The molecule has 2 rings (SSSR count). The number of hydrogen-bond acceptors (Lipinski definition) is 4. The van der Waals surface area contributed by atoms with Crippen LogP contribution in [0.25, 0.3) is 0 Å². The Morgan fingerprint density at radius 2 is 1.20 bits per heavy atom. The fourth-order valence-electron chi connectivity index (χ4n) is 4.03. The van der Waals surface area contributed by atoms with Crippen molar-refractivity contribution >= 4 is 14.0 Å². The van der Waals surface area contributed by atoms with Crippen LogP contribution in [0.15, 0.2) is 24.3 Å². The van der Waals surface area contributed by atoms with E-state index in [1.807, 2.05) is 0 Å². The second-order valence-corrected chi connectivity index (χ2v) is 8.98. The highest BCUT2D eigenvalue weighted by atomic mass is 16.7. The van der Waals surface area contributed by atoms with Crippen molar-refractivity contribution in [3.63, 3.8) is 0 Å². The highest BCUT2D eigenvalue weighted by Crippen LogP contribution is 2.22. The Hall–Kier alpha value is -0.550. The van der Waals surface area contributed by atoms with Crippen LogP contribution < -0.4 is 0 Å². The molecule has 4 atom stereocenters. The van der Waals surface area contributed by atoms with Crippen LogP contribution in [0.4, 0.5) is 0 Å². The van der Waals surface area contributed by atoms with E-state index in [0.29, 0.717) is 0 Å². The largest absolute Gasteiger partial charge is 0.488 e. The smallest absolute Gasteiger partial charge is 0.411 e. The number of rotatable bonds is 15. The first-order chi connectivity index (χ1) is 14.6. The Kier molecular flexibility index (Phi) is 13.1. The van der Waals surface area contributed by atoms with Crippen molar-refractivity contribution in [2.24, 2.45) is 0 Å². The van der Waals surface area contributed by atoms with Gasteiger partial charge in [-0.25, -0.2) is 0 Å². The minimum Gasteiger partial charge on any atom is -0.411 e. The molecular formula is C24H44B2O4. The van der Waals surface area contributed by atoms with Crippen molar-refractivity contribution in [2.75, 3.05) is 0 Å². The van der Waals surface area contributed by atoms with Crippen molar-refractivity contribution in [2.45, 2.75) is 129 Å². The summed E-state index contributed by atoms with van der Waals surface area (Å²) in [6, 6.07) is 0. The number of hydrogen-bond donors (Lipinski definition) is 0. The highest BCUT2D eigenvalue weighted by Gasteiger charge is 2.44. The molecule has 0 aromatic rings. The Morgan fingerprint density at radius 3 is 1.53 bits per heavy atom. The minimum absolute atomic E-state index is 0.0738. The summed E-state index contributed by atoms with van der Waals surface area (Å²) < 4.78 is 25.8. The second kappa shape index (κ2) is 15.3. The summed E-state index contributed by atoms with van der Waals surface area (Å²) in [6.07, 6.45) is 22.5. The van der Waals surface area contributed by atoms with Crippen LogP contribution in [0.1, 0.15) is 105 Å². The van der Waals surface area contributed by atoms with Gasteiger partial charge in [0.05, 0.1) is 12.2 Å². The fraction of sp³-hybridized carbons (Fsp3) is 0.833. The first-order valence-electron chi connectivity index (χ1n) is 12.6. The molecule has 2 aliphatic carbocycles. The summed E-state index contributed by atoms with van der Waals surface area (Å²) in [5.74, 6) is 0. The van der Waals surface area contributed by atoms with E-state index in [0.717, 1.165) is 64.2 Å². The maximum atomic E-state index is 6.47. The van der Waals surface area contributed by atoms with E-state index in [1.165, 1.54) is 12.8 Å². The van der Waals surface area contributed by atoms with E-state index < -0.39 is 14.0 Å². The van der Waals surface area contributed by atoms with Gasteiger partial charge in [-0.15, -0.1) is 0 Å². The van der Waals surface area contributed by atoms with Crippen LogP contribution >= 0.6 is 0 Å². The molecule has 0 bridgehead atoms. The maximum Gasteiger partial charge on any atom is 0.488 e. The molecule has 0 aromatic heterocycles. The maximum absolute atomic E-state index is 6.47. The van der Waals surface area contributed by atoms with Crippen molar-refractivity contribution in [3.05, 3.63) is 24.3 Å². The van der Waals surface area contributed by atoms with E-state index >= 15 is 0 Å². The van der Waals surface area contributed by atoms with Crippen molar-refractivity contribution in [1.29, 1.82) is 0 Å². The SMILES string of the molecule is CCCCC(C)OB(OC1C=CCCC1)B(OC(C)CCCC)OC1C=CCCC1. The minimum atomic E-state index is -0.510. The van der Waals surface area contributed by atoms with Crippen molar-refractivity contribution in [3.8, 4) is 0 Å². The third-order valence-corrected chi connectivity index (χ3v) is 5.92. The Labute approximate surface area is 186 Å². The van der Waals surface area contributed by atoms with Gasteiger partial charge in [0.15, 0.2) is 0 Å². The topological polar surface area (TPSA) is 36.9 Å². The second-order valence-electron chi connectivity index (χ2n) is 8.98. The number of unbranched alkanes of at least 4 members (excludes halogenated alkanes) is 2. The molecule has 0 saturated carbocycles. The molecule has 4 unspecified atom stereocenters. The molecule has 170 valence electrons. The standard InChI is InChI=1S/C24H44B2O4/c1-5-7-15-21(3)27-25(29-23-17-11-9-12-18-23)26(28-22(4)16-8-6-2)30-24-19-13-10-14-20-24/h11,13,17,19,21-24H,5-10,12,14-16,18,20H2,1-4H3. The average molecular weight is 418 g/mol. The Morgan fingerprint density at radius 1 is 0.767 bits per heavy atom. The van der Waals surface area contributed by atoms with E-state index in [-0.39, 0.29) is 24.4 Å². The van der Waals surface area contributed by atoms with E-state index in [9.17, 15) is 0 Å². The van der Waals surface area contributed by atoms with Gasteiger partial charge < -0.3 is 18.6 Å². The molecule has 0 N–H and O–H groups in total. The van der Waals surface area contributed by atoms with Crippen LogP contribution in [0, 0.1) is 0 Å². The van der Waals surface area contributed by atoms with Gasteiger partial charge in [-0.3, -0.25) is 0 Å². The van der Waals surface area contributed by atoms with Gasteiger partial charge in [0, 0.05) is 12.2 Å². The molecule has 30 heavy (non-hydrogen) atoms. The summed E-state index contributed by atoms with van der Waals surface area (Å²) in [7, 11) is -1.02. The molecule has 0 saturated heterocycles. The lowest BCUT2D eigenvalue weighted by Gasteiger charge is -2.31. The summed E-state index contributed by atoms with van der Waals surface area (Å²) in [4.78, 5) is 0. The van der Waals surface area contributed by atoms with Crippen LogP contribution in [-0.4, -0.2) is 38.4 Å². The molecule has 0 heterocycles. The molecule has 0 radical (unpaired) electrons. The zero-order chi connectivity index (χ0) is 21.6.